The highest BCUT2D eigenvalue weighted by molar-refractivity contribution is 7.89. The molecule has 0 spiro atoms. The number of sulfonamides is 1. The van der Waals surface area contributed by atoms with Gasteiger partial charge >= 0.3 is 0 Å². The number of ether oxygens (including phenoxy) is 2. The molecule has 2 aromatic rings. The molecule has 0 radical (unpaired) electrons. The number of nitrogens with zero attached hydrogens (tertiary/aromatic N) is 2. The first-order valence-electron chi connectivity index (χ1n) is 11.8. The Morgan fingerprint density at radius 2 is 1.79 bits per heavy atom. The van der Waals surface area contributed by atoms with Crippen LogP contribution in [0.2, 0.25) is 0 Å². The Hall–Kier alpha value is -2.46. The average Bonchev–Trinajstić information content (AvgIpc) is 2.89. The summed E-state index contributed by atoms with van der Waals surface area (Å²) in [5.74, 6) is 0.108. The zero-order chi connectivity index (χ0) is 24.0. The van der Waals surface area contributed by atoms with Gasteiger partial charge in [-0.15, -0.1) is 0 Å². The summed E-state index contributed by atoms with van der Waals surface area (Å²) in [7, 11) is -2.14. The van der Waals surface area contributed by atoms with Gasteiger partial charge in [-0.3, -0.25) is 9.69 Å². The van der Waals surface area contributed by atoms with Gasteiger partial charge in [0.2, 0.25) is 15.9 Å². The van der Waals surface area contributed by atoms with E-state index < -0.39 is 15.9 Å². The second-order valence-electron chi connectivity index (χ2n) is 8.76. The van der Waals surface area contributed by atoms with E-state index in [-0.39, 0.29) is 23.4 Å². The molecule has 2 saturated heterocycles. The molecule has 34 heavy (non-hydrogen) atoms. The number of morpholine rings is 1. The van der Waals surface area contributed by atoms with Crippen molar-refractivity contribution < 1.29 is 22.7 Å². The van der Waals surface area contributed by atoms with Crippen molar-refractivity contribution in [3.8, 4) is 5.75 Å². The highest BCUT2D eigenvalue weighted by atomic mass is 32.2. The van der Waals surface area contributed by atoms with E-state index >= 15 is 0 Å². The lowest BCUT2D eigenvalue weighted by Gasteiger charge is -2.34. The molecule has 4 rings (SSSR count). The second-order valence-corrected chi connectivity index (χ2v) is 10.7. The number of piperidine rings is 1. The van der Waals surface area contributed by atoms with Crippen molar-refractivity contribution in [2.45, 2.75) is 23.8 Å². The van der Waals surface area contributed by atoms with Gasteiger partial charge < -0.3 is 14.8 Å². The molecule has 0 aromatic heterocycles. The van der Waals surface area contributed by atoms with Gasteiger partial charge in [0, 0.05) is 32.7 Å². The van der Waals surface area contributed by atoms with Gasteiger partial charge in [0.15, 0.2) is 0 Å². The molecule has 0 unspecified atom stereocenters. The maximum atomic E-state index is 13.3. The Balaban J connectivity index is 1.45. The van der Waals surface area contributed by atoms with Crippen molar-refractivity contribution in [1.29, 1.82) is 0 Å². The molecular formula is C25H33N3O5S. The molecule has 2 aliphatic heterocycles. The minimum atomic E-state index is -3.68. The van der Waals surface area contributed by atoms with Crippen molar-refractivity contribution >= 4 is 15.9 Å². The quantitative estimate of drug-likeness (QED) is 0.615. The minimum Gasteiger partial charge on any atom is -0.497 e. The van der Waals surface area contributed by atoms with Crippen LogP contribution in [0.25, 0.3) is 0 Å². The van der Waals surface area contributed by atoms with E-state index in [0.29, 0.717) is 44.9 Å². The highest BCUT2D eigenvalue weighted by Gasteiger charge is 2.34. The van der Waals surface area contributed by atoms with Gasteiger partial charge in [0.05, 0.1) is 37.2 Å². The van der Waals surface area contributed by atoms with Crippen molar-refractivity contribution in [2.24, 2.45) is 5.92 Å². The van der Waals surface area contributed by atoms with Crippen LogP contribution in [-0.2, 0) is 19.6 Å². The first-order valence-corrected chi connectivity index (χ1v) is 13.2. The molecule has 184 valence electrons. The highest BCUT2D eigenvalue weighted by Crippen LogP contribution is 2.26. The first kappa shape index (κ1) is 24.7. The molecule has 0 bridgehead atoms. The number of carbonyl (C=O) groups is 1. The van der Waals surface area contributed by atoms with E-state index in [2.05, 4.69) is 10.2 Å². The van der Waals surface area contributed by atoms with Crippen LogP contribution in [-0.4, -0.2) is 76.6 Å². The van der Waals surface area contributed by atoms with Crippen molar-refractivity contribution in [2.75, 3.05) is 53.0 Å². The summed E-state index contributed by atoms with van der Waals surface area (Å²) in [6.07, 6.45) is 1.31. The number of carbonyl (C=O) groups excluding carboxylic acids is 1. The predicted octanol–water partition coefficient (Wildman–Crippen LogP) is 2.29. The molecule has 1 amide bonds. The van der Waals surface area contributed by atoms with E-state index in [1.165, 1.54) is 4.31 Å². The summed E-state index contributed by atoms with van der Waals surface area (Å²) >= 11 is 0. The van der Waals surface area contributed by atoms with Gasteiger partial charge in [-0.05, 0) is 42.7 Å². The van der Waals surface area contributed by atoms with Crippen LogP contribution < -0.4 is 10.1 Å². The van der Waals surface area contributed by atoms with E-state index in [1.807, 2.05) is 30.3 Å². The Bertz CT molecular complexity index is 1040. The Morgan fingerprint density at radius 3 is 2.47 bits per heavy atom. The van der Waals surface area contributed by atoms with E-state index in [0.717, 1.165) is 18.7 Å². The fourth-order valence-electron chi connectivity index (χ4n) is 4.52. The second kappa shape index (κ2) is 11.3. The number of hydrogen-bond donors (Lipinski definition) is 1. The van der Waals surface area contributed by atoms with Crippen LogP contribution in [0.1, 0.15) is 24.4 Å². The summed E-state index contributed by atoms with van der Waals surface area (Å²) in [5, 5.41) is 3.22. The van der Waals surface area contributed by atoms with Crippen LogP contribution in [0.3, 0.4) is 0 Å². The van der Waals surface area contributed by atoms with Gasteiger partial charge in [0.1, 0.15) is 5.75 Å². The van der Waals surface area contributed by atoms with Gasteiger partial charge in [0.25, 0.3) is 0 Å². The van der Waals surface area contributed by atoms with Crippen molar-refractivity contribution in [1.82, 2.24) is 14.5 Å². The number of hydrogen-bond acceptors (Lipinski definition) is 6. The van der Waals surface area contributed by atoms with Crippen LogP contribution in [0, 0.1) is 5.92 Å². The molecule has 2 aliphatic rings. The fraction of sp³-hybridized carbons (Fsp3) is 0.480. The van der Waals surface area contributed by atoms with Gasteiger partial charge in [-0.2, -0.15) is 4.31 Å². The largest absolute Gasteiger partial charge is 0.497 e. The SMILES string of the molecule is COc1ccc(S(=O)(=O)N2CCC[C@H](C(=O)N[C@H](CN3CCOCC3)c3ccccc3)C2)cc1. The molecular weight excluding hydrogens is 454 g/mol. The normalized spacial score (nSPS) is 21.0. The van der Waals surface area contributed by atoms with E-state index in [9.17, 15) is 13.2 Å². The molecule has 9 heteroatoms. The molecule has 2 atom stereocenters. The summed E-state index contributed by atoms with van der Waals surface area (Å²) in [6, 6.07) is 16.1. The standard InChI is InChI=1S/C25H33N3O5S/c1-32-22-9-11-23(12-10-22)34(30,31)28-13-5-8-21(18-28)25(29)26-24(20-6-3-2-4-7-20)19-27-14-16-33-17-15-27/h2-4,6-7,9-12,21,24H,5,8,13-19H2,1H3,(H,26,29)/t21-,24+/m0/s1. The third-order valence-corrected chi connectivity index (χ3v) is 8.39. The monoisotopic (exact) mass is 487 g/mol. The number of rotatable bonds is 8. The Labute approximate surface area is 201 Å². The topological polar surface area (TPSA) is 88.2 Å². The maximum Gasteiger partial charge on any atom is 0.243 e. The summed E-state index contributed by atoms with van der Waals surface area (Å²) in [5.41, 5.74) is 1.04. The molecule has 0 saturated carbocycles. The molecule has 8 nitrogen and oxygen atoms in total. The average molecular weight is 488 g/mol. The summed E-state index contributed by atoms with van der Waals surface area (Å²) in [6.45, 7) is 4.33. The Morgan fingerprint density at radius 1 is 1.09 bits per heavy atom. The van der Waals surface area contributed by atoms with Gasteiger partial charge in [-0.1, -0.05) is 30.3 Å². The van der Waals surface area contributed by atoms with E-state index in [4.69, 9.17) is 9.47 Å². The van der Waals surface area contributed by atoms with Crippen LogP contribution in [0.15, 0.2) is 59.5 Å². The smallest absolute Gasteiger partial charge is 0.243 e. The number of nitrogens with one attached hydrogen (secondary N) is 1. The minimum absolute atomic E-state index is 0.100. The number of methoxy groups -OCH3 is 1. The Kier molecular flexibility index (Phi) is 8.20. The van der Waals surface area contributed by atoms with Gasteiger partial charge in [-0.25, -0.2) is 8.42 Å². The molecule has 0 aliphatic carbocycles. The lowest BCUT2D eigenvalue weighted by atomic mass is 9.97. The third kappa shape index (κ3) is 5.96. The number of amides is 1. The summed E-state index contributed by atoms with van der Waals surface area (Å²) in [4.78, 5) is 15.8. The first-order chi connectivity index (χ1) is 16.5. The zero-order valence-electron chi connectivity index (χ0n) is 19.6. The maximum absolute atomic E-state index is 13.3. The van der Waals surface area contributed by atoms with Crippen molar-refractivity contribution in [3.63, 3.8) is 0 Å². The van der Waals surface area contributed by atoms with Crippen LogP contribution in [0.4, 0.5) is 0 Å². The van der Waals surface area contributed by atoms with Crippen molar-refractivity contribution in [3.05, 3.63) is 60.2 Å². The molecule has 2 heterocycles. The van der Waals surface area contributed by atoms with E-state index in [1.54, 1.807) is 31.4 Å². The van der Waals surface area contributed by atoms with Crippen LogP contribution >= 0.6 is 0 Å². The molecule has 2 fully saturated rings. The number of benzene rings is 2. The zero-order valence-corrected chi connectivity index (χ0v) is 20.4. The lowest BCUT2D eigenvalue weighted by molar-refractivity contribution is -0.127. The molecule has 1 N–H and O–H groups in total. The third-order valence-electron chi connectivity index (χ3n) is 6.52. The predicted molar refractivity (Wildman–Crippen MR) is 129 cm³/mol. The summed E-state index contributed by atoms with van der Waals surface area (Å²) < 4.78 is 38.4. The lowest BCUT2D eigenvalue weighted by Crippen LogP contribution is -2.48. The fourth-order valence-corrected chi connectivity index (χ4v) is 6.05. The van der Waals surface area contributed by atoms with Crippen LogP contribution in [0.5, 0.6) is 5.75 Å². The molecule has 2 aromatic carbocycles.